The van der Waals surface area contributed by atoms with Gasteiger partial charge in [-0.2, -0.15) is 4.68 Å². The smallest absolute Gasteiger partial charge is 0.278 e. The van der Waals surface area contributed by atoms with Crippen LogP contribution in [0.3, 0.4) is 0 Å². The van der Waals surface area contributed by atoms with Gasteiger partial charge in [0.05, 0.1) is 18.6 Å². The van der Waals surface area contributed by atoms with E-state index in [-0.39, 0.29) is 17.4 Å². The van der Waals surface area contributed by atoms with Crippen LogP contribution in [0, 0.1) is 5.92 Å². The van der Waals surface area contributed by atoms with Crippen LogP contribution in [0.5, 0.6) is 0 Å². The van der Waals surface area contributed by atoms with Crippen molar-refractivity contribution in [1.82, 2.24) is 25.2 Å². The van der Waals surface area contributed by atoms with Crippen LogP contribution in [0.2, 0.25) is 0 Å². The van der Waals surface area contributed by atoms with E-state index in [0.717, 1.165) is 39.3 Å². The molecule has 1 fully saturated rings. The monoisotopic (exact) mass is 373 g/mol. The van der Waals surface area contributed by atoms with Gasteiger partial charge in [0.2, 0.25) is 5.91 Å². The van der Waals surface area contributed by atoms with Crippen LogP contribution in [-0.4, -0.2) is 65.2 Å². The maximum absolute atomic E-state index is 12.8. The molecule has 2 heterocycles. The van der Waals surface area contributed by atoms with Gasteiger partial charge in [-0.15, -0.1) is 5.10 Å². The first kappa shape index (κ1) is 19.4. The predicted octanol–water partition coefficient (Wildman–Crippen LogP) is 0.827. The van der Waals surface area contributed by atoms with E-state index in [1.54, 1.807) is 18.2 Å². The predicted molar refractivity (Wildman–Crippen MR) is 103 cm³/mol. The molecule has 0 bridgehead atoms. The van der Waals surface area contributed by atoms with E-state index in [9.17, 15) is 9.59 Å². The summed E-state index contributed by atoms with van der Waals surface area (Å²) in [5.41, 5.74) is 0.245. The van der Waals surface area contributed by atoms with E-state index in [0.29, 0.717) is 17.4 Å². The van der Waals surface area contributed by atoms with Crippen molar-refractivity contribution in [1.29, 1.82) is 0 Å². The molecule has 3 rings (SSSR count). The van der Waals surface area contributed by atoms with Crippen molar-refractivity contribution in [2.24, 2.45) is 5.92 Å². The molecule has 1 aliphatic heterocycles. The maximum atomic E-state index is 12.8. The van der Waals surface area contributed by atoms with E-state index < -0.39 is 6.04 Å². The van der Waals surface area contributed by atoms with Gasteiger partial charge in [0.1, 0.15) is 11.6 Å². The first-order valence-corrected chi connectivity index (χ1v) is 9.50. The summed E-state index contributed by atoms with van der Waals surface area (Å²) in [4.78, 5) is 27.9. The molecule has 0 spiro atoms. The van der Waals surface area contributed by atoms with Gasteiger partial charge in [-0.25, -0.2) is 0 Å². The minimum absolute atomic E-state index is 0.0857. The Morgan fingerprint density at radius 2 is 2.00 bits per heavy atom. The fourth-order valence-corrected chi connectivity index (χ4v) is 3.32. The first-order valence-electron chi connectivity index (χ1n) is 9.50. The number of aromatic nitrogens is 3. The van der Waals surface area contributed by atoms with Gasteiger partial charge < -0.3 is 10.1 Å². The average Bonchev–Trinajstić information content (AvgIpc) is 2.68. The van der Waals surface area contributed by atoms with E-state index >= 15 is 0 Å². The number of carbonyl (C=O) groups is 1. The average molecular weight is 373 g/mol. The van der Waals surface area contributed by atoms with Crippen molar-refractivity contribution in [3.05, 3.63) is 34.6 Å². The minimum atomic E-state index is -0.682. The zero-order valence-electron chi connectivity index (χ0n) is 15.9. The highest BCUT2D eigenvalue weighted by atomic mass is 16.5. The number of hydrogen-bond acceptors (Lipinski definition) is 6. The summed E-state index contributed by atoms with van der Waals surface area (Å²) in [6, 6.07) is 6.36. The minimum Gasteiger partial charge on any atom is -0.379 e. The van der Waals surface area contributed by atoms with Crippen molar-refractivity contribution >= 4 is 16.8 Å². The molecule has 1 N–H and O–H groups in total. The third-order valence-electron chi connectivity index (χ3n) is 4.81. The number of benzene rings is 1. The second-order valence-corrected chi connectivity index (χ2v) is 7.14. The summed E-state index contributed by atoms with van der Waals surface area (Å²) in [6.45, 7) is 8.70. The van der Waals surface area contributed by atoms with Crippen molar-refractivity contribution in [3.63, 3.8) is 0 Å². The van der Waals surface area contributed by atoms with Crippen LogP contribution in [0.15, 0.2) is 29.1 Å². The van der Waals surface area contributed by atoms with Gasteiger partial charge in [0.15, 0.2) is 0 Å². The summed E-state index contributed by atoms with van der Waals surface area (Å²) in [5.74, 6) is -0.281. The van der Waals surface area contributed by atoms with Crippen LogP contribution >= 0.6 is 0 Å². The molecule has 1 unspecified atom stereocenters. The Morgan fingerprint density at radius 1 is 1.26 bits per heavy atom. The zero-order chi connectivity index (χ0) is 19.2. The van der Waals surface area contributed by atoms with Crippen molar-refractivity contribution in [3.8, 4) is 0 Å². The molecule has 0 saturated carbocycles. The molecule has 1 amide bonds. The quantitative estimate of drug-likeness (QED) is 0.723. The molecular weight excluding hydrogens is 346 g/mol. The number of nitrogens with zero attached hydrogens (tertiary/aromatic N) is 4. The van der Waals surface area contributed by atoms with Crippen LogP contribution < -0.4 is 10.9 Å². The lowest BCUT2D eigenvalue weighted by Gasteiger charge is -2.26. The molecule has 146 valence electrons. The lowest BCUT2D eigenvalue weighted by molar-refractivity contribution is -0.126. The molecule has 2 aromatic rings. The van der Waals surface area contributed by atoms with Crippen molar-refractivity contribution in [2.45, 2.75) is 26.3 Å². The van der Waals surface area contributed by atoms with Gasteiger partial charge in [-0.3, -0.25) is 14.5 Å². The Labute approximate surface area is 158 Å². The number of fused-ring (bicyclic) bond motifs is 1. The van der Waals surface area contributed by atoms with E-state index in [2.05, 4.69) is 20.5 Å². The Hall–Kier alpha value is -2.32. The third kappa shape index (κ3) is 4.70. The van der Waals surface area contributed by atoms with Gasteiger partial charge in [0, 0.05) is 19.6 Å². The van der Waals surface area contributed by atoms with Crippen molar-refractivity contribution in [2.75, 3.05) is 39.4 Å². The van der Waals surface area contributed by atoms with E-state index in [1.165, 1.54) is 4.68 Å². The number of morpholine rings is 1. The zero-order valence-corrected chi connectivity index (χ0v) is 15.9. The standard InChI is InChI=1S/C19H27N5O3/c1-14(2)17(18(25)20-8-5-9-23-10-12-27-13-11-23)24-19(26)15-6-3-4-7-16(15)21-22-24/h3-4,6-7,14,17H,5,8-13H2,1-2H3,(H,20,25). The SMILES string of the molecule is CC(C)C(C(=O)NCCCN1CCOCC1)n1nnc2ccccc2c1=O. The number of nitrogens with one attached hydrogen (secondary N) is 1. The summed E-state index contributed by atoms with van der Waals surface area (Å²) in [5, 5.41) is 11.5. The lowest BCUT2D eigenvalue weighted by atomic mass is 10.0. The molecule has 1 atom stereocenters. The molecule has 1 saturated heterocycles. The fraction of sp³-hybridized carbons (Fsp3) is 0.579. The topological polar surface area (TPSA) is 89.3 Å². The summed E-state index contributed by atoms with van der Waals surface area (Å²) < 4.78 is 6.55. The number of amides is 1. The molecule has 8 nitrogen and oxygen atoms in total. The van der Waals surface area contributed by atoms with E-state index in [4.69, 9.17) is 4.74 Å². The van der Waals surface area contributed by atoms with Gasteiger partial charge in [0.25, 0.3) is 5.56 Å². The van der Waals surface area contributed by atoms with Crippen LogP contribution in [0.4, 0.5) is 0 Å². The third-order valence-corrected chi connectivity index (χ3v) is 4.81. The second kappa shape index (κ2) is 9.05. The van der Waals surface area contributed by atoms with Gasteiger partial charge in [-0.1, -0.05) is 31.2 Å². The molecule has 0 radical (unpaired) electrons. The molecular formula is C19H27N5O3. The van der Waals surface area contributed by atoms with E-state index in [1.807, 2.05) is 19.9 Å². The Kier molecular flexibility index (Phi) is 6.52. The number of hydrogen-bond donors (Lipinski definition) is 1. The fourth-order valence-electron chi connectivity index (χ4n) is 3.32. The molecule has 8 heteroatoms. The highest BCUT2D eigenvalue weighted by Gasteiger charge is 2.27. The van der Waals surface area contributed by atoms with Crippen LogP contribution in [0.1, 0.15) is 26.3 Å². The number of ether oxygens (including phenoxy) is 1. The van der Waals surface area contributed by atoms with Crippen LogP contribution in [0.25, 0.3) is 10.9 Å². The maximum Gasteiger partial charge on any atom is 0.278 e. The molecule has 1 aliphatic rings. The molecule has 27 heavy (non-hydrogen) atoms. The molecule has 0 aliphatic carbocycles. The lowest BCUT2D eigenvalue weighted by Crippen LogP contribution is -2.42. The van der Waals surface area contributed by atoms with Gasteiger partial charge in [-0.05, 0) is 31.0 Å². The van der Waals surface area contributed by atoms with Crippen LogP contribution in [-0.2, 0) is 9.53 Å². The highest BCUT2D eigenvalue weighted by Crippen LogP contribution is 2.16. The first-order chi connectivity index (χ1) is 13.1. The Bertz CT molecular complexity index is 829. The molecule has 1 aromatic carbocycles. The Balaban J connectivity index is 1.65. The Morgan fingerprint density at radius 3 is 2.74 bits per heavy atom. The number of carbonyl (C=O) groups excluding carboxylic acids is 1. The molecule has 1 aromatic heterocycles. The second-order valence-electron chi connectivity index (χ2n) is 7.14. The van der Waals surface area contributed by atoms with Gasteiger partial charge >= 0.3 is 0 Å². The number of rotatable bonds is 7. The largest absolute Gasteiger partial charge is 0.379 e. The summed E-state index contributed by atoms with van der Waals surface area (Å²) in [6.07, 6.45) is 0.856. The highest BCUT2D eigenvalue weighted by molar-refractivity contribution is 5.81. The van der Waals surface area contributed by atoms with Crippen molar-refractivity contribution < 1.29 is 9.53 Å². The normalized spacial score (nSPS) is 16.6. The summed E-state index contributed by atoms with van der Waals surface area (Å²) in [7, 11) is 0. The summed E-state index contributed by atoms with van der Waals surface area (Å²) >= 11 is 0.